The zero-order valence-corrected chi connectivity index (χ0v) is 7.39. The van der Waals surface area contributed by atoms with Gasteiger partial charge in [0, 0.05) is 14.2 Å². The van der Waals surface area contributed by atoms with Gasteiger partial charge in [0.25, 0.3) is 0 Å². The molecule has 1 rings (SSSR count). The summed E-state index contributed by atoms with van der Waals surface area (Å²) in [4.78, 5) is 0. The maximum absolute atomic E-state index is 4.98. The van der Waals surface area contributed by atoms with Gasteiger partial charge in [0.05, 0.1) is 13.2 Å². The predicted molar refractivity (Wildman–Crippen MR) is 45.5 cm³/mol. The highest BCUT2D eigenvalue weighted by Crippen LogP contribution is 2.05. The molecular weight excluding hydrogens is 152 g/mol. The molecule has 0 aromatic heterocycles. The molecule has 0 aliphatic heterocycles. The van der Waals surface area contributed by atoms with Crippen molar-refractivity contribution in [3.8, 4) is 0 Å². The normalized spacial score (nSPS) is 10.2. The van der Waals surface area contributed by atoms with Crippen LogP contribution in [-0.2, 0) is 22.7 Å². The zero-order valence-electron chi connectivity index (χ0n) is 7.39. The minimum Gasteiger partial charge on any atom is -0.380 e. The van der Waals surface area contributed by atoms with E-state index in [0.717, 1.165) is 11.1 Å². The van der Waals surface area contributed by atoms with Crippen molar-refractivity contribution in [2.45, 2.75) is 13.2 Å². The van der Waals surface area contributed by atoms with Gasteiger partial charge in [-0.05, 0) is 23.3 Å². The molecule has 0 aliphatic rings. The van der Waals surface area contributed by atoms with Crippen LogP contribution in [0.15, 0.2) is 12.1 Å². The first-order chi connectivity index (χ1) is 5.86. The van der Waals surface area contributed by atoms with Crippen LogP contribution in [0.25, 0.3) is 0 Å². The van der Waals surface area contributed by atoms with Crippen LogP contribution in [0.2, 0.25) is 0 Å². The topological polar surface area (TPSA) is 18.5 Å². The van der Waals surface area contributed by atoms with Crippen LogP contribution < -0.4 is 0 Å². The molecule has 1 aromatic carbocycles. The highest BCUT2D eigenvalue weighted by molar-refractivity contribution is 5.19. The molecule has 0 unspecified atom stereocenters. The van der Waals surface area contributed by atoms with Crippen LogP contribution in [0.1, 0.15) is 11.1 Å². The Morgan fingerprint density at radius 3 is 2.67 bits per heavy atom. The molecule has 2 heteroatoms. The second kappa shape index (κ2) is 4.91. The largest absolute Gasteiger partial charge is 0.380 e. The molecule has 0 fully saturated rings. The van der Waals surface area contributed by atoms with Crippen molar-refractivity contribution in [3.63, 3.8) is 0 Å². The van der Waals surface area contributed by atoms with Crippen molar-refractivity contribution in [3.05, 3.63) is 35.4 Å². The minimum atomic E-state index is 0.553. The summed E-state index contributed by atoms with van der Waals surface area (Å²) in [6, 6.07) is 9.97. The number of ether oxygens (including phenoxy) is 2. The van der Waals surface area contributed by atoms with E-state index in [-0.39, 0.29) is 0 Å². The van der Waals surface area contributed by atoms with E-state index in [9.17, 15) is 0 Å². The molecule has 0 saturated heterocycles. The fourth-order valence-corrected chi connectivity index (χ4v) is 0.976. The Bertz CT molecular complexity index is 212. The maximum Gasteiger partial charge on any atom is 0.0725 e. The zero-order chi connectivity index (χ0) is 8.81. The molecule has 0 aliphatic carbocycles. The van der Waals surface area contributed by atoms with Gasteiger partial charge in [-0.2, -0.15) is 0 Å². The Balaban J connectivity index is 2.67. The summed E-state index contributed by atoms with van der Waals surface area (Å²) in [5, 5.41) is 0. The SMILES string of the molecule is COCc1[c]ccc(COC)[c]1. The van der Waals surface area contributed by atoms with Crippen LogP contribution in [0, 0.1) is 12.1 Å². The second-order valence-electron chi connectivity index (χ2n) is 2.47. The summed E-state index contributed by atoms with van der Waals surface area (Å²) in [6.07, 6.45) is 0. The lowest BCUT2D eigenvalue weighted by Crippen LogP contribution is -1.92. The summed E-state index contributed by atoms with van der Waals surface area (Å²) < 4.78 is 9.93. The molecule has 0 atom stereocenters. The Morgan fingerprint density at radius 1 is 1.25 bits per heavy atom. The van der Waals surface area contributed by atoms with E-state index in [2.05, 4.69) is 12.1 Å². The predicted octanol–water partition coefficient (Wildman–Crippen LogP) is 1.58. The van der Waals surface area contributed by atoms with Crippen LogP contribution in [0.4, 0.5) is 0 Å². The van der Waals surface area contributed by atoms with Gasteiger partial charge in [-0.1, -0.05) is 12.1 Å². The number of hydrogen-bond acceptors (Lipinski definition) is 2. The van der Waals surface area contributed by atoms with Gasteiger partial charge in [-0.25, -0.2) is 0 Å². The molecule has 1 aromatic rings. The van der Waals surface area contributed by atoms with Gasteiger partial charge in [0.15, 0.2) is 0 Å². The molecule has 64 valence electrons. The first kappa shape index (κ1) is 9.23. The third-order valence-electron chi connectivity index (χ3n) is 1.44. The fourth-order valence-electron chi connectivity index (χ4n) is 0.976. The second-order valence-corrected chi connectivity index (χ2v) is 2.47. The van der Waals surface area contributed by atoms with Gasteiger partial charge < -0.3 is 9.47 Å². The molecule has 0 saturated carbocycles. The van der Waals surface area contributed by atoms with Gasteiger partial charge in [-0.15, -0.1) is 0 Å². The lowest BCUT2D eigenvalue weighted by atomic mass is 10.1. The van der Waals surface area contributed by atoms with E-state index < -0.39 is 0 Å². The number of benzene rings is 1. The lowest BCUT2D eigenvalue weighted by Gasteiger charge is -2.01. The molecule has 2 radical (unpaired) electrons. The van der Waals surface area contributed by atoms with Crippen molar-refractivity contribution >= 4 is 0 Å². The first-order valence-electron chi connectivity index (χ1n) is 3.76. The van der Waals surface area contributed by atoms with Crippen LogP contribution in [0.5, 0.6) is 0 Å². The summed E-state index contributed by atoms with van der Waals surface area (Å²) in [7, 11) is 3.32. The summed E-state index contributed by atoms with van der Waals surface area (Å²) >= 11 is 0. The Kier molecular flexibility index (Phi) is 3.77. The highest BCUT2D eigenvalue weighted by Gasteiger charge is 1.95. The summed E-state index contributed by atoms with van der Waals surface area (Å²) in [5.74, 6) is 0. The van der Waals surface area contributed by atoms with Crippen LogP contribution in [0.3, 0.4) is 0 Å². The highest BCUT2D eigenvalue weighted by atomic mass is 16.5. The standard InChI is InChI=1S/C10H12O2/c1-11-7-9-4-3-5-10(6-9)8-12-2/h3-4H,7-8H2,1-2H3. The average Bonchev–Trinajstić information content (AvgIpc) is 2.06. The van der Waals surface area contributed by atoms with Crippen molar-refractivity contribution in [2.24, 2.45) is 0 Å². The molecule has 0 heterocycles. The summed E-state index contributed by atoms with van der Waals surface area (Å²) in [6.45, 7) is 1.14. The molecule has 0 amide bonds. The third kappa shape index (κ3) is 2.64. The Labute approximate surface area is 73.1 Å². The average molecular weight is 164 g/mol. The van der Waals surface area contributed by atoms with Crippen LogP contribution in [-0.4, -0.2) is 14.2 Å². The van der Waals surface area contributed by atoms with Gasteiger partial charge >= 0.3 is 0 Å². The van der Waals surface area contributed by atoms with Crippen LogP contribution >= 0.6 is 0 Å². The van der Waals surface area contributed by atoms with Crippen molar-refractivity contribution in [2.75, 3.05) is 14.2 Å². The van der Waals surface area contributed by atoms with E-state index in [1.54, 1.807) is 14.2 Å². The molecular formula is C10H12O2. The molecule has 12 heavy (non-hydrogen) atoms. The molecule has 0 bridgehead atoms. The minimum absolute atomic E-state index is 0.553. The van der Waals surface area contributed by atoms with Gasteiger partial charge in [0.2, 0.25) is 0 Å². The number of hydrogen-bond donors (Lipinski definition) is 0. The number of methoxy groups -OCH3 is 2. The monoisotopic (exact) mass is 164 g/mol. The molecule has 2 nitrogen and oxygen atoms in total. The summed E-state index contributed by atoms with van der Waals surface area (Å²) in [5.41, 5.74) is 1.97. The molecule has 0 spiro atoms. The number of rotatable bonds is 4. The van der Waals surface area contributed by atoms with Gasteiger partial charge in [-0.3, -0.25) is 0 Å². The van der Waals surface area contributed by atoms with Crippen molar-refractivity contribution in [1.29, 1.82) is 0 Å². The maximum atomic E-state index is 4.98. The fraction of sp³-hybridized carbons (Fsp3) is 0.400. The van der Waals surface area contributed by atoms with Crippen molar-refractivity contribution in [1.82, 2.24) is 0 Å². The van der Waals surface area contributed by atoms with E-state index in [0.29, 0.717) is 13.2 Å². The van der Waals surface area contributed by atoms with E-state index in [1.807, 2.05) is 12.1 Å². The van der Waals surface area contributed by atoms with E-state index >= 15 is 0 Å². The lowest BCUT2D eigenvalue weighted by molar-refractivity contribution is 0.179. The third-order valence-corrected chi connectivity index (χ3v) is 1.44. The quantitative estimate of drug-likeness (QED) is 0.672. The Hall–Kier alpha value is -0.860. The van der Waals surface area contributed by atoms with Crippen molar-refractivity contribution < 1.29 is 9.47 Å². The van der Waals surface area contributed by atoms with Gasteiger partial charge in [0.1, 0.15) is 0 Å². The smallest absolute Gasteiger partial charge is 0.0725 e. The van der Waals surface area contributed by atoms with E-state index in [4.69, 9.17) is 9.47 Å². The van der Waals surface area contributed by atoms with E-state index in [1.165, 1.54) is 0 Å². The first-order valence-corrected chi connectivity index (χ1v) is 3.76. The molecule has 0 N–H and O–H groups in total. The Morgan fingerprint density at radius 2 is 2.00 bits per heavy atom.